The smallest absolute Gasteiger partial charge is 0.341 e. The van der Waals surface area contributed by atoms with Gasteiger partial charge in [-0.3, -0.25) is 0 Å². The molecule has 0 fully saturated rings. The molecule has 20 heavy (non-hydrogen) atoms. The lowest BCUT2D eigenvalue weighted by Crippen LogP contribution is -2.28. The second-order valence-electron chi connectivity index (χ2n) is 4.98. The lowest BCUT2D eigenvalue weighted by molar-refractivity contribution is 0.0690. The van der Waals surface area contributed by atoms with E-state index in [2.05, 4.69) is 23.7 Å². The summed E-state index contributed by atoms with van der Waals surface area (Å²) in [4.78, 5) is 17.9. The van der Waals surface area contributed by atoms with E-state index < -0.39 is 5.97 Å². The molecule has 1 N–H and O–H groups in total. The zero-order chi connectivity index (χ0) is 14.5. The molecule has 0 aromatic carbocycles. The largest absolute Gasteiger partial charge is 0.477 e. The molecular formula is C15H22N2O3. The van der Waals surface area contributed by atoms with Crippen LogP contribution in [0.1, 0.15) is 41.9 Å². The molecule has 0 radical (unpaired) electrons. The summed E-state index contributed by atoms with van der Waals surface area (Å²) in [6.45, 7) is 7.37. The maximum absolute atomic E-state index is 11.3. The van der Waals surface area contributed by atoms with Gasteiger partial charge in [-0.2, -0.15) is 0 Å². The Balaban J connectivity index is 2.08. The molecule has 0 atom stereocenters. The molecule has 1 aliphatic rings. The van der Waals surface area contributed by atoms with Crippen molar-refractivity contribution < 1.29 is 14.6 Å². The Morgan fingerprint density at radius 3 is 2.80 bits per heavy atom. The fourth-order valence-electron chi connectivity index (χ4n) is 2.53. The number of fused-ring (bicyclic) bond motifs is 1. The Bertz CT molecular complexity index is 484. The number of rotatable bonds is 7. The minimum Gasteiger partial charge on any atom is -0.477 e. The van der Waals surface area contributed by atoms with Crippen LogP contribution in [0.2, 0.25) is 0 Å². The molecule has 0 saturated carbocycles. The maximum Gasteiger partial charge on any atom is 0.341 e. The molecule has 5 nitrogen and oxygen atoms in total. The summed E-state index contributed by atoms with van der Waals surface area (Å²) < 4.78 is 5.62. The van der Waals surface area contributed by atoms with Gasteiger partial charge in [-0.25, -0.2) is 9.78 Å². The highest BCUT2D eigenvalue weighted by Gasteiger charge is 2.20. The van der Waals surface area contributed by atoms with Crippen molar-refractivity contribution in [2.24, 2.45) is 0 Å². The summed E-state index contributed by atoms with van der Waals surface area (Å²) in [6.07, 6.45) is 2.88. The predicted molar refractivity (Wildman–Crippen MR) is 76.5 cm³/mol. The number of hydrogen-bond donors (Lipinski definition) is 1. The van der Waals surface area contributed by atoms with E-state index in [1.165, 1.54) is 0 Å². The molecule has 1 aliphatic carbocycles. The zero-order valence-corrected chi connectivity index (χ0v) is 12.2. The number of likely N-dealkylation sites (N-methyl/N-ethyl adjacent to an activating group) is 1. The average molecular weight is 278 g/mol. The van der Waals surface area contributed by atoms with Crippen molar-refractivity contribution in [1.82, 2.24) is 9.88 Å². The van der Waals surface area contributed by atoms with Gasteiger partial charge in [0.2, 0.25) is 5.88 Å². The number of aromatic nitrogens is 1. The first-order chi connectivity index (χ1) is 9.65. The van der Waals surface area contributed by atoms with Crippen LogP contribution >= 0.6 is 0 Å². The van der Waals surface area contributed by atoms with E-state index in [1.54, 1.807) is 6.07 Å². The average Bonchev–Trinajstić information content (AvgIpc) is 2.89. The number of pyridine rings is 1. The summed E-state index contributed by atoms with van der Waals surface area (Å²) >= 11 is 0. The number of carboxylic acids is 1. The molecule has 5 heteroatoms. The molecule has 0 aliphatic heterocycles. The second kappa shape index (κ2) is 6.70. The monoisotopic (exact) mass is 278 g/mol. The van der Waals surface area contributed by atoms with E-state index in [0.29, 0.717) is 6.61 Å². The lowest BCUT2D eigenvalue weighted by Gasteiger charge is -2.18. The van der Waals surface area contributed by atoms with Gasteiger partial charge in [0.25, 0.3) is 0 Å². The van der Waals surface area contributed by atoms with Gasteiger partial charge < -0.3 is 14.7 Å². The standard InChI is InChI=1S/C15H22N2O3/c1-3-17(4-2)8-9-20-14-12(15(18)19)10-11-6-5-7-13(11)16-14/h10H,3-9H2,1-2H3,(H,18,19). The van der Waals surface area contributed by atoms with Gasteiger partial charge in [0.1, 0.15) is 12.2 Å². The third-order valence-corrected chi connectivity index (χ3v) is 3.79. The molecule has 0 spiro atoms. The Labute approximate surface area is 119 Å². The summed E-state index contributed by atoms with van der Waals surface area (Å²) in [7, 11) is 0. The Morgan fingerprint density at radius 1 is 1.40 bits per heavy atom. The molecule has 1 heterocycles. The lowest BCUT2D eigenvalue weighted by atomic mass is 10.1. The third-order valence-electron chi connectivity index (χ3n) is 3.79. The first-order valence-corrected chi connectivity index (χ1v) is 7.27. The fraction of sp³-hybridized carbons (Fsp3) is 0.600. The van der Waals surface area contributed by atoms with Crippen molar-refractivity contribution in [2.75, 3.05) is 26.2 Å². The normalized spacial score (nSPS) is 13.6. The minimum absolute atomic E-state index is 0.185. The molecular weight excluding hydrogens is 256 g/mol. The Hall–Kier alpha value is -1.62. The SMILES string of the molecule is CCN(CC)CCOc1nc2c(cc1C(=O)O)CCC2. The zero-order valence-electron chi connectivity index (χ0n) is 12.2. The van der Waals surface area contributed by atoms with Gasteiger partial charge in [-0.05, 0) is 44.0 Å². The van der Waals surface area contributed by atoms with Gasteiger partial charge in [-0.15, -0.1) is 0 Å². The summed E-state index contributed by atoms with van der Waals surface area (Å²) in [5.74, 6) is -0.699. The molecule has 0 saturated heterocycles. The molecule has 2 rings (SSSR count). The topological polar surface area (TPSA) is 62.7 Å². The predicted octanol–water partition coefficient (Wildman–Crippen LogP) is 1.99. The van der Waals surface area contributed by atoms with Crippen LogP contribution in [0, 0.1) is 0 Å². The van der Waals surface area contributed by atoms with Crippen LogP contribution in [0.25, 0.3) is 0 Å². The number of aryl methyl sites for hydroxylation is 2. The van der Waals surface area contributed by atoms with Crippen molar-refractivity contribution in [1.29, 1.82) is 0 Å². The van der Waals surface area contributed by atoms with Gasteiger partial charge in [-0.1, -0.05) is 13.8 Å². The van der Waals surface area contributed by atoms with E-state index in [-0.39, 0.29) is 11.4 Å². The van der Waals surface area contributed by atoms with Gasteiger partial charge in [0.15, 0.2) is 0 Å². The van der Waals surface area contributed by atoms with Crippen molar-refractivity contribution in [3.05, 3.63) is 22.9 Å². The van der Waals surface area contributed by atoms with Crippen LogP contribution in [0.4, 0.5) is 0 Å². The number of carbonyl (C=O) groups is 1. The van der Waals surface area contributed by atoms with Crippen molar-refractivity contribution in [3.63, 3.8) is 0 Å². The Kier molecular flexibility index (Phi) is 4.95. The van der Waals surface area contributed by atoms with Gasteiger partial charge >= 0.3 is 5.97 Å². The molecule has 0 amide bonds. The summed E-state index contributed by atoms with van der Waals surface area (Å²) in [5.41, 5.74) is 2.23. The summed E-state index contributed by atoms with van der Waals surface area (Å²) in [5, 5.41) is 9.27. The molecule has 1 aromatic rings. The quantitative estimate of drug-likeness (QED) is 0.826. The highest BCUT2D eigenvalue weighted by atomic mass is 16.5. The van der Waals surface area contributed by atoms with Crippen molar-refractivity contribution in [3.8, 4) is 5.88 Å². The van der Waals surface area contributed by atoms with Gasteiger partial charge in [0, 0.05) is 12.2 Å². The van der Waals surface area contributed by atoms with Crippen LogP contribution in [0.15, 0.2) is 6.07 Å². The van der Waals surface area contributed by atoms with Crippen LogP contribution in [0.3, 0.4) is 0 Å². The van der Waals surface area contributed by atoms with E-state index in [0.717, 1.165) is 50.2 Å². The number of ether oxygens (including phenoxy) is 1. The van der Waals surface area contributed by atoms with Crippen LogP contribution in [-0.4, -0.2) is 47.2 Å². The van der Waals surface area contributed by atoms with E-state index >= 15 is 0 Å². The maximum atomic E-state index is 11.3. The number of aromatic carboxylic acids is 1. The van der Waals surface area contributed by atoms with Crippen molar-refractivity contribution in [2.45, 2.75) is 33.1 Å². The van der Waals surface area contributed by atoms with E-state index in [4.69, 9.17) is 4.74 Å². The van der Waals surface area contributed by atoms with Crippen molar-refractivity contribution >= 4 is 5.97 Å². The highest BCUT2D eigenvalue weighted by molar-refractivity contribution is 5.90. The second-order valence-corrected chi connectivity index (χ2v) is 4.98. The molecule has 0 unspecified atom stereocenters. The third kappa shape index (κ3) is 3.28. The number of hydrogen-bond acceptors (Lipinski definition) is 4. The number of carboxylic acid groups (broad SMARTS) is 1. The molecule has 110 valence electrons. The first kappa shape index (κ1) is 14.8. The fourth-order valence-corrected chi connectivity index (χ4v) is 2.53. The highest BCUT2D eigenvalue weighted by Crippen LogP contribution is 2.26. The number of nitrogens with zero attached hydrogens (tertiary/aromatic N) is 2. The van der Waals surface area contributed by atoms with Crippen LogP contribution in [0.5, 0.6) is 5.88 Å². The summed E-state index contributed by atoms with van der Waals surface area (Å²) in [6, 6.07) is 1.73. The van der Waals surface area contributed by atoms with E-state index in [1.807, 2.05) is 0 Å². The minimum atomic E-state index is -0.968. The Morgan fingerprint density at radius 2 is 2.15 bits per heavy atom. The van der Waals surface area contributed by atoms with Gasteiger partial charge in [0.05, 0.1) is 0 Å². The van der Waals surface area contributed by atoms with Crippen LogP contribution in [-0.2, 0) is 12.8 Å². The molecule has 1 aromatic heterocycles. The molecule has 0 bridgehead atoms. The first-order valence-electron chi connectivity index (χ1n) is 7.27. The van der Waals surface area contributed by atoms with Crippen LogP contribution < -0.4 is 4.74 Å². The van der Waals surface area contributed by atoms with E-state index in [9.17, 15) is 9.90 Å².